The van der Waals surface area contributed by atoms with Crippen molar-refractivity contribution in [1.82, 2.24) is 4.98 Å². The number of rotatable bonds is 2. The van der Waals surface area contributed by atoms with Crippen LogP contribution >= 0.6 is 22.6 Å². The van der Waals surface area contributed by atoms with Crippen LogP contribution in [0.25, 0.3) is 0 Å². The third-order valence-corrected chi connectivity index (χ3v) is 3.99. The Morgan fingerprint density at radius 2 is 2.23 bits per heavy atom. The lowest BCUT2D eigenvalue weighted by Gasteiger charge is -2.01. The summed E-state index contributed by atoms with van der Waals surface area (Å²) in [4.78, 5) is 3.64. The number of pyridine rings is 1. The zero-order chi connectivity index (χ0) is 10.1. The van der Waals surface area contributed by atoms with Gasteiger partial charge in [-0.2, -0.15) is 0 Å². The van der Waals surface area contributed by atoms with Gasteiger partial charge in [0, 0.05) is 0 Å². The van der Waals surface area contributed by atoms with Gasteiger partial charge in [-0.25, -0.2) is 13.4 Å². The second-order valence-electron chi connectivity index (χ2n) is 2.38. The van der Waals surface area contributed by atoms with E-state index in [0.717, 1.165) is 6.20 Å². The topological polar surface area (TPSA) is 67.3 Å². The van der Waals surface area contributed by atoms with Crippen LogP contribution in [0.1, 0.15) is 6.92 Å². The molecule has 72 valence electrons. The smallest absolute Gasteiger partial charge is 0.195 e. The average Bonchev–Trinajstić information content (AvgIpc) is 2.09. The normalized spacial score (nSPS) is 11.5. The zero-order valence-electron chi connectivity index (χ0n) is 6.86. The van der Waals surface area contributed by atoms with E-state index >= 15 is 0 Å². The molecule has 1 aromatic heterocycles. The number of hydrogen-bond donors (Lipinski definition) is 1. The average molecular weight is 313 g/mol. The lowest BCUT2D eigenvalue weighted by Crippen LogP contribution is -2.06. The molecule has 0 saturated heterocycles. The van der Waals surface area contributed by atoms with E-state index in [2.05, 4.69) is 4.98 Å². The molecular weight excluding hydrogens is 305 g/mol. The highest BCUT2D eigenvalue weighted by Crippen LogP contribution is 2.20. The van der Waals surface area contributed by atoms with Gasteiger partial charge in [-0.1, -0.05) is 6.92 Å². The Kier molecular flexibility index (Phi) is 3.12. The van der Waals surface area contributed by atoms with Crippen molar-refractivity contribution in [2.75, 3.05) is 5.75 Å². The molecule has 0 aromatic carbocycles. The summed E-state index contributed by atoms with van der Waals surface area (Å²) in [7, 11) is -3.26. The molecule has 0 radical (unpaired) electrons. The molecule has 1 rings (SSSR count). The third-order valence-electron chi connectivity index (χ3n) is 1.51. The lowest BCUT2D eigenvalue weighted by atomic mass is 10.5. The summed E-state index contributed by atoms with van der Waals surface area (Å²) >= 11 is 1.85. The molecule has 0 aliphatic rings. The molecule has 0 fully saturated rings. The molecule has 0 bridgehead atoms. The summed E-state index contributed by atoms with van der Waals surface area (Å²) < 4.78 is 23.1. The van der Waals surface area contributed by atoms with Gasteiger partial charge in [0.1, 0.15) is 5.75 Å². The fraction of sp³-hybridized carbons (Fsp3) is 0.286. The van der Waals surface area contributed by atoms with E-state index in [1.165, 1.54) is 6.07 Å². The van der Waals surface area contributed by atoms with Crippen LogP contribution in [-0.2, 0) is 9.84 Å². The highest BCUT2D eigenvalue weighted by Gasteiger charge is 2.14. The van der Waals surface area contributed by atoms with Crippen molar-refractivity contribution in [3.63, 3.8) is 0 Å². The van der Waals surface area contributed by atoms with Crippen molar-refractivity contribution < 1.29 is 13.5 Å². The van der Waals surface area contributed by atoms with Gasteiger partial charge in [0.05, 0.1) is 15.5 Å². The first-order valence-corrected chi connectivity index (χ1v) is 6.27. The van der Waals surface area contributed by atoms with Crippen LogP contribution in [0.2, 0.25) is 0 Å². The summed E-state index contributed by atoms with van der Waals surface area (Å²) in [5, 5.41) is 9.13. The van der Waals surface area contributed by atoms with Gasteiger partial charge in [-0.05, 0) is 28.7 Å². The summed E-state index contributed by atoms with van der Waals surface area (Å²) in [6.07, 6.45) is 1.14. The highest BCUT2D eigenvalue weighted by molar-refractivity contribution is 14.1. The molecule has 0 unspecified atom stereocenters. The number of sulfone groups is 1. The molecule has 0 spiro atoms. The Morgan fingerprint density at radius 1 is 1.62 bits per heavy atom. The Morgan fingerprint density at radius 3 is 2.69 bits per heavy atom. The SMILES string of the molecule is CCS(=O)(=O)c1cc(I)c(O)cn1. The summed E-state index contributed by atoms with van der Waals surface area (Å²) in [6, 6.07) is 1.36. The molecule has 1 aromatic rings. The van der Waals surface area contributed by atoms with E-state index in [4.69, 9.17) is 5.11 Å². The molecule has 1 heterocycles. The van der Waals surface area contributed by atoms with Crippen LogP contribution in [0.15, 0.2) is 17.3 Å². The third kappa shape index (κ3) is 2.31. The molecule has 0 saturated carbocycles. The molecule has 13 heavy (non-hydrogen) atoms. The Hall–Kier alpha value is -0.370. The van der Waals surface area contributed by atoms with Gasteiger partial charge in [0.2, 0.25) is 0 Å². The molecule has 0 aliphatic heterocycles. The van der Waals surface area contributed by atoms with E-state index in [-0.39, 0.29) is 16.5 Å². The number of halogens is 1. The van der Waals surface area contributed by atoms with E-state index in [0.29, 0.717) is 3.57 Å². The molecular formula is C7H8INO3S. The Labute approximate surface area is 90.1 Å². The van der Waals surface area contributed by atoms with Crippen molar-refractivity contribution >= 4 is 32.4 Å². The summed E-state index contributed by atoms with van der Waals surface area (Å²) in [6.45, 7) is 1.55. The van der Waals surface area contributed by atoms with Crippen molar-refractivity contribution in [2.24, 2.45) is 0 Å². The van der Waals surface area contributed by atoms with Crippen LogP contribution in [-0.4, -0.2) is 24.3 Å². The molecule has 6 heteroatoms. The second kappa shape index (κ2) is 3.79. The van der Waals surface area contributed by atoms with Crippen LogP contribution in [0.4, 0.5) is 0 Å². The van der Waals surface area contributed by atoms with Gasteiger partial charge >= 0.3 is 0 Å². The Bertz CT molecular complexity index is 416. The quantitative estimate of drug-likeness (QED) is 0.833. The fourth-order valence-corrected chi connectivity index (χ4v) is 2.18. The molecule has 1 N–H and O–H groups in total. The second-order valence-corrected chi connectivity index (χ2v) is 5.76. The number of aromatic nitrogens is 1. The minimum atomic E-state index is -3.26. The number of aromatic hydroxyl groups is 1. The highest BCUT2D eigenvalue weighted by atomic mass is 127. The van der Waals surface area contributed by atoms with Crippen LogP contribution in [0, 0.1) is 3.57 Å². The van der Waals surface area contributed by atoms with E-state index in [1.807, 2.05) is 22.6 Å². The fourth-order valence-electron chi connectivity index (χ4n) is 0.724. The molecule has 4 nitrogen and oxygen atoms in total. The first-order valence-electron chi connectivity index (χ1n) is 3.54. The molecule has 0 amide bonds. The van der Waals surface area contributed by atoms with Crippen molar-refractivity contribution in [2.45, 2.75) is 11.9 Å². The zero-order valence-corrected chi connectivity index (χ0v) is 9.83. The van der Waals surface area contributed by atoms with E-state index < -0.39 is 9.84 Å². The summed E-state index contributed by atoms with van der Waals surface area (Å²) in [5.74, 6) is 0.0107. The molecule has 0 aliphatic carbocycles. The molecule has 0 atom stereocenters. The minimum Gasteiger partial charge on any atom is -0.505 e. The van der Waals surface area contributed by atoms with Crippen LogP contribution < -0.4 is 0 Å². The minimum absolute atomic E-state index is 0.00402. The number of hydrogen-bond acceptors (Lipinski definition) is 4. The Balaban J connectivity index is 3.27. The largest absolute Gasteiger partial charge is 0.505 e. The van der Waals surface area contributed by atoms with Gasteiger partial charge in [0.25, 0.3) is 0 Å². The first kappa shape index (κ1) is 10.7. The van der Waals surface area contributed by atoms with E-state index in [9.17, 15) is 8.42 Å². The first-order chi connectivity index (χ1) is 5.97. The predicted molar refractivity (Wildman–Crippen MR) is 56.3 cm³/mol. The maximum absolute atomic E-state index is 11.3. The van der Waals surface area contributed by atoms with Crippen LogP contribution in [0.5, 0.6) is 5.75 Å². The van der Waals surface area contributed by atoms with Crippen LogP contribution in [0.3, 0.4) is 0 Å². The monoisotopic (exact) mass is 313 g/mol. The standard InChI is InChI=1S/C7H8INO3S/c1-2-13(11,12)7-3-5(8)6(10)4-9-7/h3-4,10H,2H2,1H3. The van der Waals surface area contributed by atoms with Gasteiger partial charge in [0.15, 0.2) is 14.9 Å². The van der Waals surface area contributed by atoms with Gasteiger partial charge < -0.3 is 5.11 Å². The maximum atomic E-state index is 11.3. The number of nitrogens with zero attached hydrogens (tertiary/aromatic N) is 1. The van der Waals surface area contributed by atoms with Gasteiger partial charge in [-0.15, -0.1) is 0 Å². The van der Waals surface area contributed by atoms with Gasteiger partial charge in [-0.3, -0.25) is 0 Å². The summed E-state index contributed by atoms with van der Waals surface area (Å²) in [5.41, 5.74) is 0. The van der Waals surface area contributed by atoms with Crippen molar-refractivity contribution in [3.8, 4) is 5.75 Å². The van der Waals surface area contributed by atoms with Crippen molar-refractivity contribution in [1.29, 1.82) is 0 Å². The predicted octanol–water partition coefficient (Wildman–Crippen LogP) is 1.19. The maximum Gasteiger partial charge on any atom is 0.195 e. The lowest BCUT2D eigenvalue weighted by molar-refractivity contribution is 0.467. The van der Waals surface area contributed by atoms with E-state index in [1.54, 1.807) is 6.92 Å². The van der Waals surface area contributed by atoms with Crippen molar-refractivity contribution in [3.05, 3.63) is 15.8 Å².